The Hall–Kier alpha value is -2.73. The number of carbonyl (C=O) groups excluding carboxylic acids is 1. The molecule has 0 atom stereocenters. The standard InChI is InChI=1S/C19H24N2O4/c1-21(12-14-8-9-18(25-3)17(22)10-14)19(23)20-11-15-6-4-5-7-16(15)13-24-2/h4-10,22H,11-13H2,1-3H3,(H,20,23). The molecular weight excluding hydrogens is 320 g/mol. The minimum atomic E-state index is -0.192. The number of nitrogens with one attached hydrogen (secondary N) is 1. The Kier molecular flexibility index (Phi) is 6.65. The van der Waals surface area contributed by atoms with Crippen LogP contribution in [0.25, 0.3) is 0 Å². The molecule has 0 aliphatic heterocycles. The number of methoxy groups -OCH3 is 2. The van der Waals surface area contributed by atoms with Crippen molar-refractivity contribution in [3.05, 3.63) is 59.2 Å². The second kappa shape index (κ2) is 8.94. The first-order chi connectivity index (χ1) is 12.0. The number of urea groups is 1. The topological polar surface area (TPSA) is 71.0 Å². The Morgan fingerprint density at radius 1 is 1.16 bits per heavy atom. The van der Waals surface area contributed by atoms with E-state index in [-0.39, 0.29) is 11.8 Å². The molecule has 6 heteroatoms. The third-order valence-corrected chi connectivity index (χ3v) is 3.86. The largest absolute Gasteiger partial charge is 0.504 e. The van der Waals surface area contributed by atoms with Gasteiger partial charge < -0.3 is 24.8 Å². The number of amides is 2. The number of hydrogen-bond acceptors (Lipinski definition) is 4. The van der Waals surface area contributed by atoms with E-state index in [9.17, 15) is 9.90 Å². The summed E-state index contributed by atoms with van der Waals surface area (Å²) in [6, 6.07) is 12.7. The van der Waals surface area contributed by atoms with E-state index in [0.717, 1.165) is 16.7 Å². The van der Waals surface area contributed by atoms with Crippen LogP contribution in [-0.2, 0) is 24.4 Å². The second-order valence-corrected chi connectivity index (χ2v) is 5.72. The van der Waals surface area contributed by atoms with Crippen molar-refractivity contribution in [2.75, 3.05) is 21.3 Å². The molecule has 6 nitrogen and oxygen atoms in total. The lowest BCUT2D eigenvalue weighted by Crippen LogP contribution is -2.36. The first-order valence-corrected chi connectivity index (χ1v) is 7.95. The summed E-state index contributed by atoms with van der Waals surface area (Å²) in [6.07, 6.45) is 0. The number of rotatable bonds is 7. The maximum Gasteiger partial charge on any atom is 0.317 e. The summed E-state index contributed by atoms with van der Waals surface area (Å²) in [4.78, 5) is 13.9. The highest BCUT2D eigenvalue weighted by Crippen LogP contribution is 2.26. The van der Waals surface area contributed by atoms with Crippen LogP contribution in [0.15, 0.2) is 42.5 Å². The van der Waals surface area contributed by atoms with Crippen LogP contribution in [0, 0.1) is 0 Å². The Morgan fingerprint density at radius 3 is 2.52 bits per heavy atom. The van der Waals surface area contributed by atoms with Crippen molar-refractivity contribution in [1.29, 1.82) is 0 Å². The van der Waals surface area contributed by atoms with Crippen LogP contribution < -0.4 is 10.1 Å². The molecule has 0 saturated carbocycles. The summed E-state index contributed by atoms with van der Waals surface area (Å²) in [5.41, 5.74) is 2.89. The van der Waals surface area contributed by atoms with Gasteiger partial charge in [0.25, 0.3) is 0 Å². The van der Waals surface area contributed by atoms with Gasteiger partial charge >= 0.3 is 6.03 Å². The van der Waals surface area contributed by atoms with E-state index in [4.69, 9.17) is 9.47 Å². The van der Waals surface area contributed by atoms with Crippen molar-refractivity contribution >= 4 is 6.03 Å². The van der Waals surface area contributed by atoms with Crippen LogP contribution in [0.2, 0.25) is 0 Å². The summed E-state index contributed by atoms with van der Waals surface area (Å²) < 4.78 is 10.2. The molecule has 0 radical (unpaired) electrons. The van der Waals surface area contributed by atoms with Crippen LogP contribution in [0.1, 0.15) is 16.7 Å². The molecule has 0 saturated heterocycles. The van der Waals surface area contributed by atoms with Gasteiger partial charge in [0.15, 0.2) is 11.5 Å². The maximum atomic E-state index is 12.3. The lowest BCUT2D eigenvalue weighted by Gasteiger charge is -2.19. The van der Waals surface area contributed by atoms with Crippen molar-refractivity contribution in [3.63, 3.8) is 0 Å². The fourth-order valence-corrected chi connectivity index (χ4v) is 2.51. The summed E-state index contributed by atoms with van der Waals surface area (Å²) in [5, 5.41) is 12.7. The molecule has 0 spiro atoms. The van der Waals surface area contributed by atoms with Crippen LogP contribution >= 0.6 is 0 Å². The number of aromatic hydroxyl groups is 1. The number of phenols is 1. The number of nitrogens with zero attached hydrogens (tertiary/aromatic N) is 1. The van der Waals surface area contributed by atoms with Crippen molar-refractivity contribution in [2.24, 2.45) is 0 Å². The molecular formula is C19H24N2O4. The highest BCUT2D eigenvalue weighted by atomic mass is 16.5. The molecule has 0 heterocycles. The SMILES string of the molecule is COCc1ccccc1CNC(=O)N(C)Cc1ccc(OC)c(O)c1. The van der Waals surface area contributed by atoms with Crippen molar-refractivity contribution in [1.82, 2.24) is 10.2 Å². The number of phenolic OH excluding ortho intramolecular Hbond substituents is 1. The van der Waals surface area contributed by atoms with Gasteiger partial charge in [-0.3, -0.25) is 0 Å². The molecule has 2 amide bonds. The molecule has 134 valence electrons. The molecule has 25 heavy (non-hydrogen) atoms. The average Bonchev–Trinajstić information content (AvgIpc) is 2.61. The lowest BCUT2D eigenvalue weighted by molar-refractivity contribution is 0.183. The van der Waals surface area contributed by atoms with E-state index < -0.39 is 0 Å². The first-order valence-electron chi connectivity index (χ1n) is 7.95. The van der Waals surface area contributed by atoms with Crippen LogP contribution in [0.4, 0.5) is 4.79 Å². The number of carbonyl (C=O) groups is 1. The Labute approximate surface area is 148 Å². The van der Waals surface area contributed by atoms with Crippen LogP contribution in [0.5, 0.6) is 11.5 Å². The lowest BCUT2D eigenvalue weighted by atomic mass is 10.1. The van der Waals surface area contributed by atoms with E-state index >= 15 is 0 Å². The van der Waals surface area contributed by atoms with Gasteiger partial charge in [-0.2, -0.15) is 0 Å². The van der Waals surface area contributed by atoms with Crippen LogP contribution in [-0.4, -0.2) is 37.3 Å². The van der Waals surface area contributed by atoms with Gasteiger partial charge in [-0.1, -0.05) is 30.3 Å². The zero-order valence-corrected chi connectivity index (χ0v) is 14.8. The van der Waals surface area contributed by atoms with Gasteiger partial charge in [0.05, 0.1) is 13.7 Å². The second-order valence-electron chi connectivity index (χ2n) is 5.72. The fraction of sp³-hybridized carbons (Fsp3) is 0.316. The van der Waals surface area contributed by atoms with Gasteiger partial charge in [-0.15, -0.1) is 0 Å². The minimum Gasteiger partial charge on any atom is -0.504 e. The van der Waals surface area contributed by atoms with E-state index in [1.807, 2.05) is 30.3 Å². The van der Waals surface area contributed by atoms with Crippen molar-refractivity contribution < 1.29 is 19.4 Å². The molecule has 2 rings (SSSR count). The Balaban J connectivity index is 1.93. The number of benzene rings is 2. The third-order valence-electron chi connectivity index (χ3n) is 3.86. The van der Waals surface area contributed by atoms with Crippen LogP contribution in [0.3, 0.4) is 0 Å². The van der Waals surface area contributed by atoms with E-state index in [1.165, 1.54) is 7.11 Å². The normalized spacial score (nSPS) is 10.4. The average molecular weight is 344 g/mol. The summed E-state index contributed by atoms with van der Waals surface area (Å²) in [5.74, 6) is 0.466. The minimum absolute atomic E-state index is 0.0577. The first kappa shape index (κ1) is 18.6. The molecule has 0 unspecified atom stereocenters. The smallest absolute Gasteiger partial charge is 0.317 e. The molecule has 2 N–H and O–H groups in total. The van der Waals surface area contributed by atoms with Crippen molar-refractivity contribution in [3.8, 4) is 11.5 Å². The maximum absolute atomic E-state index is 12.3. The Bertz CT molecular complexity index is 718. The monoisotopic (exact) mass is 344 g/mol. The summed E-state index contributed by atoms with van der Waals surface area (Å²) in [6.45, 7) is 1.31. The molecule has 0 fully saturated rings. The molecule has 2 aromatic rings. The Morgan fingerprint density at radius 2 is 1.88 bits per heavy atom. The predicted molar refractivity (Wildman–Crippen MR) is 95.5 cm³/mol. The van der Waals surface area contributed by atoms with Gasteiger partial charge in [-0.25, -0.2) is 4.79 Å². The van der Waals surface area contributed by atoms with Gasteiger partial charge in [0.2, 0.25) is 0 Å². The van der Waals surface area contributed by atoms with E-state index in [0.29, 0.717) is 25.4 Å². The van der Waals surface area contributed by atoms with Gasteiger partial charge in [-0.05, 0) is 28.8 Å². The van der Waals surface area contributed by atoms with E-state index in [1.54, 1.807) is 31.2 Å². The number of hydrogen-bond donors (Lipinski definition) is 2. The van der Waals surface area contributed by atoms with Gasteiger partial charge in [0.1, 0.15) is 0 Å². The number of ether oxygens (including phenoxy) is 2. The predicted octanol–water partition coefficient (Wildman–Crippen LogP) is 2.89. The molecule has 0 bridgehead atoms. The fourth-order valence-electron chi connectivity index (χ4n) is 2.51. The quantitative estimate of drug-likeness (QED) is 0.810. The highest BCUT2D eigenvalue weighted by Gasteiger charge is 2.11. The molecule has 0 aliphatic rings. The molecule has 2 aromatic carbocycles. The molecule has 0 aromatic heterocycles. The van der Waals surface area contributed by atoms with E-state index in [2.05, 4.69) is 5.32 Å². The van der Waals surface area contributed by atoms with Gasteiger partial charge in [0, 0.05) is 27.2 Å². The summed E-state index contributed by atoms with van der Waals surface area (Å²) >= 11 is 0. The zero-order valence-electron chi connectivity index (χ0n) is 14.8. The highest BCUT2D eigenvalue weighted by molar-refractivity contribution is 5.73. The van der Waals surface area contributed by atoms with Crippen molar-refractivity contribution in [2.45, 2.75) is 19.7 Å². The zero-order chi connectivity index (χ0) is 18.2. The third kappa shape index (κ3) is 5.12. The summed E-state index contributed by atoms with van der Waals surface area (Å²) in [7, 11) is 4.85. The molecule has 0 aliphatic carbocycles.